The summed E-state index contributed by atoms with van der Waals surface area (Å²) in [6.07, 6.45) is 3.15. The van der Waals surface area contributed by atoms with E-state index in [1.54, 1.807) is 25.1 Å². The molecule has 0 unspecified atom stereocenters. The maximum atomic E-state index is 13.0. The van der Waals surface area contributed by atoms with Gasteiger partial charge in [-0.15, -0.1) is 0 Å². The van der Waals surface area contributed by atoms with Crippen molar-refractivity contribution in [3.8, 4) is 0 Å². The smallest absolute Gasteiger partial charge is 0.243 e. The molecule has 1 heterocycles. The van der Waals surface area contributed by atoms with Crippen LogP contribution in [0.25, 0.3) is 0 Å². The second kappa shape index (κ2) is 10.8. The van der Waals surface area contributed by atoms with E-state index < -0.39 is 10.0 Å². The van der Waals surface area contributed by atoms with Gasteiger partial charge in [-0.1, -0.05) is 25.5 Å². The SMILES string of the molecule is CCC(=O)Nc1ccc(C)c(NCC(=O)Nc2cc(S(=O)(=O)N3CCCCC3)ccc2C)c1. The van der Waals surface area contributed by atoms with Crippen molar-refractivity contribution < 1.29 is 18.0 Å². The van der Waals surface area contributed by atoms with Crippen molar-refractivity contribution in [1.82, 2.24) is 4.31 Å². The van der Waals surface area contributed by atoms with Crippen molar-refractivity contribution in [2.45, 2.75) is 51.3 Å². The number of benzene rings is 2. The normalized spacial score (nSPS) is 14.5. The minimum atomic E-state index is -3.58. The number of aryl methyl sites for hydroxylation is 2. The number of hydrogen-bond donors (Lipinski definition) is 3. The fraction of sp³-hybridized carbons (Fsp3) is 0.417. The number of nitrogens with one attached hydrogen (secondary N) is 3. The Balaban J connectivity index is 1.68. The Morgan fingerprint density at radius 1 is 0.879 bits per heavy atom. The van der Waals surface area contributed by atoms with E-state index in [0.717, 1.165) is 36.1 Å². The minimum Gasteiger partial charge on any atom is -0.376 e. The molecule has 8 nitrogen and oxygen atoms in total. The Kier molecular flexibility index (Phi) is 8.10. The molecule has 0 bridgehead atoms. The summed E-state index contributed by atoms with van der Waals surface area (Å²) in [4.78, 5) is 24.4. The van der Waals surface area contributed by atoms with Crippen LogP contribution in [0.15, 0.2) is 41.3 Å². The number of hydrogen-bond acceptors (Lipinski definition) is 5. The van der Waals surface area contributed by atoms with Gasteiger partial charge >= 0.3 is 0 Å². The molecule has 1 aliphatic heterocycles. The van der Waals surface area contributed by atoms with Crippen LogP contribution in [0.4, 0.5) is 17.1 Å². The Morgan fingerprint density at radius 2 is 1.55 bits per heavy atom. The Labute approximate surface area is 195 Å². The van der Waals surface area contributed by atoms with Gasteiger partial charge in [0.15, 0.2) is 0 Å². The molecule has 0 spiro atoms. The van der Waals surface area contributed by atoms with Gasteiger partial charge in [0.25, 0.3) is 0 Å². The van der Waals surface area contributed by atoms with Crippen molar-refractivity contribution >= 4 is 38.9 Å². The first-order valence-electron chi connectivity index (χ1n) is 11.3. The molecule has 2 aromatic rings. The van der Waals surface area contributed by atoms with Crippen LogP contribution in [0, 0.1) is 13.8 Å². The fourth-order valence-corrected chi connectivity index (χ4v) is 5.20. The topological polar surface area (TPSA) is 108 Å². The number of carbonyl (C=O) groups is 2. The molecule has 33 heavy (non-hydrogen) atoms. The number of nitrogens with zero attached hydrogens (tertiary/aromatic N) is 1. The molecule has 2 amide bonds. The van der Waals surface area contributed by atoms with E-state index in [1.165, 1.54) is 10.4 Å². The van der Waals surface area contributed by atoms with Crippen LogP contribution in [0.1, 0.15) is 43.7 Å². The van der Waals surface area contributed by atoms with Crippen LogP contribution < -0.4 is 16.0 Å². The van der Waals surface area contributed by atoms with Crippen LogP contribution in [-0.2, 0) is 19.6 Å². The van der Waals surface area contributed by atoms with Gasteiger partial charge in [0.2, 0.25) is 21.8 Å². The first-order valence-corrected chi connectivity index (χ1v) is 12.7. The van der Waals surface area contributed by atoms with Crippen molar-refractivity contribution in [2.24, 2.45) is 0 Å². The minimum absolute atomic E-state index is 0.00540. The lowest BCUT2D eigenvalue weighted by molar-refractivity contribution is -0.116. The van der Waals surface area contributed by atoms with E-state index in [1.807, 2.05) is 26.0 Å². The van der Waals surface area contributed by atoms with Crippen molar-refractivity contribution in [1.29, 1.82) is 0 Å². The molecule has 1 aliphatic rings. The van der Waals surface area contributed by atoms with Crippen LogP contribution in [0.3, 0.4) is 0 Å². The molecular weight excluding hydrogens is 440 g/mol. The maximum Gasteiger partial charge on any atom is 0.243 e. The number of amides is 2. The quantitative estimate of drug-likeness (QED) is 0.540. The lowest BCUT2D eigenvalue weighted by Gasteiger charge is -2.26. The van der Waals surface area contributed by atoms with Gasteiger partial charge in [-0.05, 0) is 62.1 Å². The third-order valence-electron chi connectivity index (χ3n) is 5.72. The highest BCUT2D eigenvalue weighted by atomic mass is 32.2. The zero-order valence-electron chi connectivity index (χ0n) is 19.4. The van der Waals surface area contributed by atoms with Crippen LogP contribution >= 0.6 is 0 Å². The molecular formula is C24H32N4O4S. The average Bonchev–Trinajstić information content (AvgIpc) is 2.81. The second-order valence-corrected chi connectivity index (χ2v) is 10.2. The zero-order valence-corrected chi connectivity index (χ0v) is 20.2. The third-order valence-corrected chi connectivity index (χ3v) is 7.61. The molecule has 0 radical (unpaired) electrons. The third kappa shape index (κ3) is 6.33. The summed E-state index contributed by atoms with van der Waals surface area (Å²) in [5.41, 5.74) is 3.57. The van der Waals surface area contributed by atoms with Crippen molar-refractivity contribution in [3.05, 3.63) is 47.5 Å². The Hall–Kier alpha value is -2.91. The van der Waals surface area contributed by atoms with Crippen LogP contribution in [0.2, 0.25) is 0 Å². The number of anilines is 3. The van der Waals surface area contributed by atoms with Crippen LogP contribution in [0.5, 0.6) is 0 Å². The second-order valence-electron chi connectivity index (χ2n) is 8.27. The molecule has 2 aromatic carbocycles. The van der Waals surface area contributed by atoms with Gasteiger partial charge in [-0.3, -0.25) is 9.59 Å². The fourth-order valence-electron chi connectivity index (χ4n) is 3.66. The standard InChI is InChI=1S/C24H32N4O4S/c1-4-23(29)26-19-10-8-17(2)21(14-19)25-16-24(30)27-22-15-20(11-9-18(22)3)33(31,32)28-12-6-5-7-13-28/h8-11,14-15,25H,4-7,12-13,16H2,1-3H3,(H,26,29)(H,27,30). The molecule has 3 rings (SSSR count). The summed E-state index contributed by atoms with van der Waals surface area (Å²) in [6.45, 7) is 6.56. The number of rotatable bonds is 8. The highest BCUT2D eigenvalue weighted by Gasteiger charge is 2.26. The lowest BCUT2D eigenvalue weighted by atomic mass is 10.1. The first-order chi connectivity index (χ1) is 15.7. The van der Waals surface area contributed by atoms with Gasteiger partial charge in [0.05, 0.1) is 11.4 Å². The Bertz CT molecular complexity index is 1130. The molecule has 1 saturated heterocycles. The predicted molar refractivity (Wildman–Crippen MR) is 131 cm³/mol. The van der Waals surface area contributed by atoms with Gasteiger partial charge in [0.1, 0.15) is 0 Å². The summed E-state index contributed by atoms with van der Waals surface area (Å²) in [5.74, 6) is -0.384. The number of carbonyl (C=O) groups excluding carboxylic acids is 2. The highest BCUT2D eigenvalue weighted by molar-refractivity contribution is 7.89. The molecule has 0 atom stereocenters. The summed E-state index contributed by atoms with van der Waals surface area (Å²) < 4.78 is 27.5. The maximum absolute atomic E-state index is 13.0. The Morgan fingerprint density at radius 3 is 2.24 bits per heavy atom. The molecule has 9 heteroatoms. The molecule has 0 saturated carbocycles. The molecule has 1 fully saturated rings. The molecule has 178 valence electrons. The van der Waals surface area contributed by atoms with Gasteiger partial charge in [0, 0.05) is 36.6 Å². The van der Waals surface area contributed by atoms with Gasteiger partial charge in [-0.25, -0.2) is 8.42 Å². The van der Waals surface area contributed by atoms with Gasteiger partial charge in [-0.2, -0.15) is 4.31 Å². The summed E-state index contributed by atoms with van der Waals surface area (Å²) in [7, 11) is -3.58. The number of sulfonamides is 1. The zero-order chi connectivity index (χ0) is 24.0. The monoisotopic (exact) mass is 472 g/mol. The van der Waals surface area contributed by atoms with E-state index in [0.29, 0.717) is 30.9 Å². The lowest BCUT2D eigenvalue weighted by Crippen LogP contribution is -2.35. The molecule has 0 aliphatic carbocycles. The van der Waals surface area contributed by atoms with Crippen molar-refractivity contribution in [2.75, 3.05) is 35.6 Å². The summed E-state index contributed by atoms with van der Waals surface area (Å²) in [6, 6.07) is 10.3. The summed E-state index contributed by atoms with van der Waals surface area (Å²) in [5, 5.41) is 8.71. The average molecular weight is 473 g/mol. The van der Waals surface area contributed by atoms with Gasteiger partial charge < -0.3 is 16.0 Å². The highest BCUT2D eigenvalue weighted by Crippen LogP contribution is 2.25. The first kappa shape index (κ1) is 24.7. The van der Waals surface area contributed by atoms with Crippen molar-refractivity contribution in [3.63, 3.8) is 0 Å². The summed E-state index contributed by atoms with van der Waals surface area (Å²) >= 11 is 0. The number of piperidine rings is 1. The van der Waals surface area contributed by atoms with E-state index in [9.17, 15) is 18.0 Å². The van der Waals surface area contributed by atoms with E-state index in [2.05, 4.69) is 16.0 Å². The predicted octanol–water partition coefficient (Wildman–Crippen LogP) is 3.88. The molecule has 0 aromatic heterocycles. The van der Waals surface area contributed by atoms with E-state index in [-0.39, 0.29) is 23.3 Å². The van der Waals surface area contributed by atoms with E-state index in [4.69, 9.17) is 0 Å². The molecule has 3 N–H and O–H groups in total. The largest absolute Gasteiger partial charge is 0.376 e. The van der Waals surface area contributed by atoms with E-state index >= 15 is 0 Å². The van der Waals surface area contributed by atoms with Crippen LogP contribution in [-0.4, -0.2) is 44.2 Å².